The van der Waals surface area contributed by atoms with Crippen LogP contribution in [0.4, 0.5) is 5.69 Å². The average molecular weight is 346 g/mol. The van der Waals surface area contributed by atoms with Crippen LogP contribution in [0, 0.1) is 0 Å². The molecule has 1 unspecified atom stereocenters. The Balaban J connectivity index is 1.90. The minimum Gasteiger partial charge on any atom is -0.481 e. The number of Topliss-reactive ketones (excluding diaryl/α,β-unsaturated/α-hetero) is 1. The standard InChI is InChI=1S/C19H20ClNO3/c1-13(22)6-7-15-8-10-18(11-9-15)24-14(2)19(23)21-17-5-3-4-16(20)12-17/h3-5,8-12,14H,6-7H2,1-2H3,(H,21,23). The monoisotopic (exact) mass is 345 g/mol. The van der Waals surface area contributed by atoms with E-state index in [2.05, 4.69) is 5.32 Å². The molecule has 0 aromatic heterocycles. The molecule has 2 rings (SSSR count). The van der Waals surface area contributed by atoms with Gasteiger partial charge in [0.05, 0.1) is 0 Å². The first-order chi connectivity index (χ1) is 11.4. The normalized spacial score (nSPS) is 11.6. The van der Waals surface area contributed by atoms with Crippen LogP contribution in [0.3, 0.4) is 0 Å². The largest absolute Gasteiger partial charge is 0.481 e. The van der Waals surface area contributed by atoms with Crippen LogP contribution in [-0.2, 0) is 16.0 Å². The SMILES string of the molecule is CC(=O)CCc1ccc(OC(C)C(=O)Nc2cccc(Cl)c2)cc1. The molecule has 0 heterocycles. The number of anilines is 1. The van der Waals surface area contributed by atoms with E-state index in [9.17, 15) is 9.59 Å². The maximum atomic E-state index is 12.2. The molecule has 0 bridgehead atoms. The zero-order chi connectivity index (χ0) is 17.5. The van der Waals surface area contributed by atoms with Crippen molar-refractivity contribution in [3.8, 4) is 5.75 Å². The minimum atomic E-state index is -0.646. The van der Waals surface area contributed by atoms with Gasteiger partial charge in [-0.3, -0.25) is 4.79 Å². The lowest BCUT2D eigenvalue weighted by atomic mass is 10.1. The van der Waals surface area contributed by atoms with Crippen molar-refractivity contribution in [1.82, 2.24) is 0 Å². The molecule has 2 aromatic rings. The van der Waals surface area contributed by atoms with E-state index >= 15 is 0 Å². The van der Waals surface area contributed by atoms with Crippen LogP contribution in [0.15, 0.2) is 48.5 Å². The van der Waals surface area contributed by atoms with Crippen molar-refractivity contribution in [2.75, 3.05) is 5.32 Å². The van der Waals surface area contributed by atoms with Crippen LogP contribution >= 0.6 is 11.6 Å². The molecule has 0 radical (unpaired) electrons. The minimum absolute atomic E-state index is 0.168. The van der Waals surface area contributed by atoms with E-state index < -0.39 is 6.10 Å². The second-order valence-corrected chi connectivity index (χ2v) is 6.04. The lowest BCUT2D eigenvalue weighted by molar-refractivity contribution is -0.122. The topological polar surface area (TPSA) is 55.4 Å². The second-order valence-electron chi connectivity index (χ2n) is 5.61. The maximum absolute atomic E-state index is 12.2. The summed E-state index contributed by atoms with van der Waals surface area (Å²) in [6.45, 7) is 3.27. The summed E-state index contributed by atoms with van der Waals surface area (Å²) < 4.78 is 5.65. The van der Waals surface area contributed by atoms with Crippen LogP contribution in [0.5, 0.6) is 5.75 Å². The predicted molar refractivity (Wildman–Crippen MR) is 95.6 cm³/mol. The molecule has 0 aliphatic rings. The highest BCUT2D eigenvalue weighted by Crippen LogP contribution is 2.17. The molecule has 1 N–H and O–H groups in total. The molecule has 4 nitrogen and oxygen atoms in total. The van der Waals surface area contributed by atoms with Gasteiger partial charge in [-0.05, 0) is 56.2 Å². The maximum Gasteiger partial charge on any atom is 0.265 e. The first-order valence-electron chi connectivity index (χ1n) is 7.75. The third kappa shape index (κ3) is 5.70. The van der Waals surface area contributed by atoms with Crippen LogP contribution in [-0.4, -0.2) is 17.8 Å². The number of amides is 1. The number of hydrogen-bond donors (Lipinski definition) is 1. The van der Waals surface area contributed by atoms with Gasteiger partial charge in [0.25, 0.3) is 5.91 Å². The molecule has 0 saturated carbocycles. The second kappa shape index (κ2) is 8.50. The zero-order valence-corrected chi connectivity index (χ0v) is 14.5. The fraction of sp³-hybridized carbons (Fsp3) is 0.263. The summed E-state index contributed by atoms with van der Waals surface area (Å²) in [6, 6.07) is 14.4. The number of benzene rings is 2. The highest BCUT2D eigenvalue weighted by Gasteiger charge is 2.15. The third-order valence-corrected chi connectivity index (χ3v) is 3.70. The van der Waals surface area contributed by atoms with E-state index in [0.29, 0.717) is 29.3 Å². The molecule has 0 aliphatic carbocycles. The number of carbonyl (C=O) groups excluding carboxylic acids is 2. The molecular weight excluding hydrogens is 326 g/mol. The van der Waals surface area contributed by atoms with Crippen molar-refractivity contribution in [1.29, 1.82) is 0 Å². The molecular formula is C19H20ClNO3. The van der Waals surface area contributed by atoms with Gasteiger partial charge in [0.2, 0.25) is 0 Å². The zero-order valence-electron chi connectivity index (χ0n) is 13.7. The Hall–Kier alpha value is -2.33. The van der Waals surface area contributed by atoms with Gasteiger partial charge in [0.15, 0.2) is 6.10 Å². The van der Waals surface area contributed by atoms with Crippen molar-refractivity contribution in [3.63, 3.8) is 0 Å². The lowest BCUT2D eigenvalue weighted by Gasteiger charge is -2.15. The van der Waals surface area contributed by atoms with Crippen molar-refractivity contribution >= 4 is 29.0 Å². The Kier molecular flexibility index (Phi) is 6.38. The van der Waals surface area contributed by atoms with Crippen LogP contribution in [0.2, 0.25) is 5.02 Å². The summed E-state index contributed by atoms with van der Waals surface area (Å²) in [7, 11) is 0. The van der Waals surface area contributed by atoms with Gasteiger partial charge in [0.1, 0.15) is 11.5 Å². The first-order valence-corrected chi connectivity index (χ1v) is 8.13. The summed E-state index contributed by atoms with van der Waals surface area (Å²) in [4.78, 5) is 23.2. The van der Waals surface area contributed by atoms with E-state index in [1.54, 1.807) is 50.2 Å². The number of ketones is 1. The molecule has 0 fully saturated rings. The fourth-order valence-electron chi connectivity index (χ4n) is 2.12. The number of hydrogen-bond acceptors (Lipinski definition) is 3. The van der Waals surface area contributed by atoms with E-state index in [1.807, 2.05) is 12.1 Å². The smallest absolute Gasteiger partial charge is 0.265 e. The summed E-state index contributed by atoms with van der Waals surface area (Å²) in [5.74, 6) is 0.523. The van der Waals surface area contributed by atoms with Crippen molar-refractivity contribution in [3.05, 3.63) is 59.1 Å². The molecule has 0 spiro atoms. The Morgan fingerprint density at radius 2 is 1.88 bits per heavy atom. The summed E-state index contributed by atoms with van der Waals surface area (Å²) in [5.41, 5.74) is 1.69. The Morgan fingerprint density at radius 1 is 1.17 bits per heavy atom. The summed E-state index contributed by atoms with van der Waals surface area (Å²) >= 11 is 5.89. The van der Waals surface area contributed by atoms with Gasteiger partial charge >= 0.3 is 0 Å². The van der Waals surface area contributed by atoms with Crippen LogP contribution < -0.4 is 10.1 Å². The molecule has 2 aromatic carbocycles. The lowest BCUT2D eigenvalue weighted by Crippen LogP contribution is -2.30. The number of carbonyl (C=O) groups is 2. The first kappa shape index (κ1) is 18.0. The van der Waals surface area contributed by atoms with E-state index in [-0.39, 0.29) is 11.7 Å². The molecule has 5 heteroatoms. The van der Waals surface area contributed by atoms with Gasteiger partial charge < -0.3 is 14.8 Å². The molecule has 24 heavy (non-hydrogen) atoms. The number of ether oxygens (including phenoxy) is 1. The third-order valence-electron chi connectivity index (χ3n) is 3.46. The van der Waals surface area contributed by atoms with E-state index in [4.69, 9.17) is 16.3 Å². The number of aryl methyl sites for hydroxylation is 1. The Bertz CT molecular complexity index is 713. The van der Waals surface area contributed by atoms with Crippen molar-refractivity contribution in [2.45, 2.75) is 32.8 Å². The fourth-order valence-corrected chi connectivity index (χ4v) is 2.31. The van der Waals surface area contributed by atoms with E-state index in [0.717, 1.165) is 5.56 Å². The van der Waals surface area contributed by atoms with Gasteiger partial charge in [-0.15, -0.1) is 0 Å². The van der Waals surface area contributed by atoms with E-state index in [1.165, 1.54) is 0 Å². The van der Waals surface area contributed by atoms with Gasteiger partial charge in [0, 0.05) is 17.1 Å². The predicted octanol–water partition coefficient (Wildman–Crippen LogP) is 4.27. The van der Waals surface area contributed by atoms with Crippen LogP contribution in [0.1, 0.15) is 25.8 Å². The summed E-state index contributed by atoms with van der Waals surface area (Å²) in [6.07, 6.45) is 0.589. The molecule has 0 saturated heterocycles. The van der Waals surface area contributed by atoms with Crippen molar-refractivity contribution in [2.24, 2.45) is 0 Å². The summed E-state index contributed by atoms with van der Waals surface area (Å²) in [5, 5.41) is 3.32. The quantitative estimate of drug-likeness (QED) is 0.815. The highest BCUT2D eigenvalue weighted by atomic mass is 35.5. The van der Waals surface area contributed by atoms with Gasteiger partial charge in [-0.2, -0.15) is 0 Å². The molecule has 126 valence electrons. The van der Waals surface area contributed by atoms with Gasteiger partial charge in [-0.1, -0.05) is 29.8 Å². The molecule has 1 atom stereocenters. The van der Waals surface area contributed by atoms with Crippen LogP contribution in [0.25, 0.3) is 0 Å². The number of nitrogens with one attached hydrogen (secondary N) is 1. The molecule has 0 aliphatic heterocycles. The Morgan fingerprint density at radius 3 is 2.50 bits per heavy atom. The highest BCUT2D eigenvalue weighted by molar-refractivity contribution is 6.30. The van der Waals surface area contributed by atoms with Crippen molar-refractivity contribution < 1.29 is 14.3 Å². The molecule has 1 amide bonds. The number of halogens is 1. The van der Waals surface area contributed by atoms with Gasteiger partial charge in [-0.25, -0.2) is 0 Å². The Labute approximate surface area is 146 Å². The number of rotatable bonds is 7. The average Bonchev–Trinajstić information content (AvgIpc) is 2.54.